The second-order valence-electron chi connectivity index (χ2n) is 6.47. The van der Waals surface area contributed by atoms with Crippen LogP contribution in [0.2, 0.25) is 0 Å². The first-order chi connectivity index (χ1) is 13.3. The van der Waals surface area contributed by atoms with Gasteiger partial charge in [-0.15, -0.1) is 0 Å². The van der Waals surface area contributed by atoms with E-state index in [1.807, 2.05) is 18.3 Å². The van der Waals surface area contributed by atoms with Crippen LogP contribution in [0.4, 0.5) is 5.82 Å². The van der Waals surface area contributed by atoms with Crippen LogP contribution in [0.15, 0.2) is 35.2 Å². The molecule has 0 radical (unpaired) electrons. The SMILES string of the molecule is COCCNc1ccc(-c2noc(C3CCCN3Cc3ncc[nH]3)n2)cn1. The molecule has 4 heterocycles. The summed E-state index contributed by atoms with van der Waals surface area (Å²) >= 11 is 0. The number of methoxy groups -OCH3 is 1. The molecule has 9 nitrogen and oxygen atoms in total. The van der Waals surface area contributed by atoms with Crippen LogP contribution < -0.4 is 5.32 Å². The Morgan fingerprint density at radius 3 is 3.11 bits per heavy atom. The third-order valence-corrected chi connectivity index (χ3v) is 4.63. The summed E-state index contributed by atoms with van der Waals surface area (Å²) in [6.07, 6.45) is 7.46. The first-order valence-corrected chi connectivity index (χ1v) is 9.08. The van der Waals surface area contributed by atoms with Crippen molar-refractivity contribution in [3.63, 3.8) is 0 Å². The van der Waals surface area contributed by atoms with Crippen molar-refractivity contribution in [1.82, 2.24) is 30.0 Å². The number of ether oxygens (including phenoxy) is 1. The van der Waals surface area contributed by atoms with Gasteiger partial charge in [0.1, 0.15) is 11.6 Å². The summed E-state index contributed by atoms with van der Waals surface area (Å²) in [7, 11) is 1.67. The summed E-state index contributed by atoms with van der Waals surface area (Å²) in [5, 5.41) is 7.34. The third-order valence-electron chi connectivity index (χ3n) is 4.63. The van der Waals surface area contributed by atoms with Crippen LogP contribution in [-0.2, 0) is 11.3 Å². The van der Waals surface area contributed by atoms with Crippen LogP contribution >= 0.6 is 0 Å². The molecule has 1 unspecified atom stereocenters. The third kappa shape index (κ3) is 4.15. The Balaban J connectivity index is 1.43. The number of H-pyrrole nitrogens is 1. The van der Waals surface area contributed by atoms with Gasteiger partial charge < -0.3 is 19.6 Å². The fourth-order valence-corrected chi connectivity index (χ4v) is 3.27. The molecule has 3 aromatic heterocycles. The summed E-state index contributed by atoms with van der Waals surface area (Å²) in [5.74, 6) is 2.95. The van der Waals surface area contributed by atoms with Crippen LogP contribution in [0.25, 0.3) is 11.4 Å². The minimum absolute atomic E-state index is 0.124. The van der Waals surface area contributed by atoms with Gasteiger partial charge in [-0.1, -0.05) is 5.16 Å². The Morgan fingerprint density at radius 1 is 1.37 bits per heavy atom. The standard InChI is InChI=1S/C18H23N7O2/c1-26-10-8-21-15-5-4-13(11-22-15)17-23-18(27-24-17)14-3-2-9-25(14)12-16-19-6-7-20-16/h4-7,11,14H,2-3,8-10,12H2,1H3,(H,19,20)(H,21,22). The number of imidazole rings is 1. The van der Waals surface area contributed by atoms with Crippen molar-refractivity contribution in [2.45, 2.75) is 25.4 Å². The highest BCUT2D eigenvalue weighted by molar-refractivity contribution is 5.55. The Hall–Kier alpha value is -2.78. The van der Waals surface area contributed by atoms with Gasteiger partial charge in [-0.25, -0.2) is 9.97 Å². The average Bonchev–Trinajstić information content (AvgIpc) is 3.45. The van der Waals surface area contributed by atoms with E-state index in [1.165, 1.54) is 0 Å². The molecule has 1 aliphatic heterocycles. The number of aromatic amines is 1. The molecule has 0 bridgehead atoms. The molecule has 0 aliphatic carbocycles. The van der Waals surface area contributed by atoms with E-state index in [0.29, 0.717) is 24.9 Å². The number of rotatable bonds is 8. The minimum atomic E-state index is 0.124. The largest absolute Gasteiger partial charge is 0.383 e. The van der Waals surface area contributed by atoms with Gasteiger partial charge in [-0.05, 0) is 31.5 Å². The van der Waals surface area contributed by atoms with Gasteiger partial charge in [0.15, 0.2) is 0 Å². The molecule has 2 N–H and O–H groups in total. The Morgan fingerprint density at radius 2 is 2.33 bits per heavy atom. The van der Waals surface area contributed by atoms with E-state index >= 15 is 0 Å². The first kappa shape index (κ1) is 17.6. The van der Waals surface area contributed by atoms with Crippen LogP contribution in [-0.4, -0.2) is 56.8 Å². The Labute approximate surface area is 157 Å². The van der Waals surface area contributed by atoms with Gasteiger partial charge in [0.25, 0.3) is 0 Å². The minimum Gasteiger partial charge on any atom is -0.383 e. The van der Waals surface area contributed by atoms with E-state index in [2.05, 4.69) is 35.3 Å². The van der Waals surface area contributed by atoms with Gasteiger partial charge in [0.2, 0.25) is 11.7 Å². The predicted octanol–water partition coefficient (Wildman–Crippen LogP) is 2.25. The number of anilines is 1. The quantitative estimate of drug-likeness (QED) is 0.583. The summed E-state index contributed by atoms with van der Waals surface area (Å²) in [4.78, 5) is 18.8. The molecule has 0 aromatic carbocycles. The number of hydrogen-bond acceptors (Lipinski definition) is 8. The number of nitrogens with zero attached hydrogens (tertiary/aromatic N) is 5. The monoisotopic (exact) mass is 369 g/mol. The molecule has 1 atom stereocenters. The maximum atomic E-state index is 5.57. The van der Waals surface area contributed by atoms with Crippen molar-refractivity contribution in [3.05, 3.63) is 42.4 Å². The van der Waals surface area contributed by atoms with Crippen molar-refractivity contribution in [2.75, 3.05) is 32.1 Å². The fraction of sp³-hybridized carbons (Fsp3) is 0.444. The number of likely N-dealkylation sites (tertiary alicyclic amines) is 1. The molecular weight excluding hydrogens is 346 g/mol. The predicted molar refractivity (Wildman–Crippen MR) is 98.9 cm³/mol. The lowest BCUT2D eigenvalue weighted by Crippen LogP contribution is -2.23. The summed E-state index contributed by atoms with van der Waals surface area (Å²) in [5.41, 5.74) is 0.831. The summed E-state index contributed by atoms with van der Waals surface area (Å²) in [6.45, 7) is 3.08. The molecule has 27 heavy (non-hydrogen) atoms. The van der Waals surface area contributed by atoms with Gasteiger partial charge in [0, 0.05) is 37.8 Å². The van der Waals surface area contributed by atoms with Gasteiger partial charge in [-0.3, -0.25) is 4.90 Å². The topological polar surface area (TPSA) is 105 Å². The van der Waals surface area contributed by atoms with Crippen molar-refractivity contribution in [2.24, 2.45) is 0 Å². The number of hydrogen-bond donors (Lipinski definition) is 2. The molecular formula is C18H23N7O2. The normalized spacial score (nSPS) is 17.4. The van der Waals surface area contributed by atoms with Crippen LogP contribution in [0.1, 0.15) is 30.6 Å². The molecule has 1 fully saturated rings. The van der Waals surface area contributed by atoms with E-state index in [1.54, 1.807) is 19.5 Å². The number of aromatic nitrogens is 5. The highest BCUT2D eigenvalue weighted by Crippen LogP contribution is 2.32. The second-order valence-corrected chi connectivity index (χ2v) is 6.47. The molecule has 9 heteroatoms. The Bertz CT molecular complexity index is 832. The molecule has 1 saturated heterocycles. The highest BCUT2D eigenvalue weighted by Gasteiger charge is 2.31. The maximum Gasteiger partial charge on any atom is 0.244 e. The molecule has 3 aromatic rings. The zero-order valence-electron chi connectivity index (χ0n) is 15.3. The van der Waals surface area contributed by atoms with Crippen LogP contribution in [0.3, 0.4) is 0 Å². The number of nitrogens with one attached hydrogen (secondary N) is 2. The lowest BCUT2D eigenvalue weighted by Gasteiger charge is -2.19. The second kappa shape index (κ2) is 8.28. The lowest BCUT2D eigenvalue weighted by atomic mass is 10.2. The van der Waals surface area contributed by atoms with Crippen molar-refractivity contribution >= 4 is 5.82 Å². The van der Waals surface area contributed by atoms with Gasteiger partial charge in [0.05, 0.1) is 19.2 Å². The molecule has 0 spiro atoms. The first-order valence-electron chi connectivity index (χ1n) is 9.08. The van der Waals surface area contributed by atoms with Crippen molar-refractivity contribution in [3.8, 4) is 11.4 Å². The summed E-state index contributed by atoms with van der Waals surface area (Å²) < 4.78 is 10.6. The molecule has 0 amide bonds. The van der Waals surface area contributed by atoms with Gasteiger partial charge >= 0.3 is 0 Å². The molecule has 0 saturated carbocycles. The molecule has 142 valence electrons. The van der Waals surface area contributed by atoms with E-state index in [9.17, 15) is 0 Å². The lowest BCUT2D eigenvalue weighted by molar-refractivity contribution is 0.197. The van der Waals surface area contributed by atoms with Crippen LogP contribution in [0.5, 0.6) is 0 Å². The Kier molecular flexibility index (Phi) is 5.40. The van der Waals surface area contributed by atoms with E-state index in [4.69, 9.17) is 9.26 Å². The van der Waals surface area contributed by atoms with E-state index < -0.39 is 0 Å². The zero-order chi connectivity index (χ0) is 18.5. The molecule has 4 rings (SSSR count). The fourth-order valence-electron chi connectivity index (χ4n) is 3.27. The van der Waals surface area contributed by atoms with Crippen LogP contribution in [0, 0.1) is 0 Å². The zero-order valence-corrected chi connectivity index (χ0v) is 15.3. The van der Waals surface area contributed by atoms with E-state index in [0.717, 1.165) is 43.1 Å². The molecule has 1 aliphatic rings. The van der Waals surface area contributed by atoms with Crippen molar-refractivity contribution < 1.29 is 9.26 Å². The van der Waals surface area contributed by atoms with Crippen molar-refractivity contribution in [1.29, 1.82) is 0 Å². The van der Waals surface area contributed by atoms with Gasteiger partial charge in [-0.2, -0.15) is 4.98 Å². The number of pyridine rings is 1. The summed E-state index contributed by atoms with van der Waals surface area (Å²) in [6, 6.07) is 3.96. The maximum absolute atomic E-state index is 5.57. The average molecular weight is 369 g/mol. The smallest absolute Gasteiger partial charge is 0.244 e. The highest BCUT2D eigenvalue weighted by atomic mass is 16.5. The van der Waals surface area contributed by atoms with E-state index in [-0.39, 0.29) is 6.04 Å².